The lowest BCUT2D eigenvalue weighted by Gasteiger charge is -2.10. The van der Waals surface area contributed by atoms with Crippen molar-refractivity contribution < 1.29 is 27.8 Å². The van der Waals surface area contributed by atoms with Crippen LogP contribution >= 0.6 is 0 Å². The first-order valence-corrected chi connectivity index (χ1v) is 5.03. The normalized spacial score (nSPS) is 11.1. The van der Waals surface area contributed by atoms with Gasteiger partial charge in [-0.1, -0.05) is 0 Å². The molecule has 0 saturated heterocycles. The molecule has 18 heavy (non-hydrogen) atoms. The Labute approximate surface area is 101 Å². The average Bonchev–Trinajstić information content (AvgIpc) is 2.21. The van der Waals surface area contributed by atoms with Crippen LogP contribution in [0.4, 0.5) is 13.2 Å². The fraction of sp³-hybridized carbons (Fsp3) is 0.364. The number of ether oxygens (including phenoxy) is 1. The van der Waals surface area contributed by atoms with E-state index in [-0.39, 0.29) is 11.5 Å². The monoisotopic (exact) mass is 263 g/mol. The van der Waals surface area contributed by atoms with Crippen molar-refractivity contribution >= 4 is 5.91 Å². The second-order valence-corrected chi connectivity index (χ2v) is 3.68. The van der Waals surface area contributed by atoms with Crippen molar-refractivity contribution in [1.82, 2.24) is 5.32 Å². The van der Waals surface area contributed by atoms with Crippen LogP contribution in [0.1, 0.15) is 5.56 Å². The predicted molar refractivity (Wildman–Crippen MR) is 57.4 cm³/mol. The number of carbonyl (C=O) groups excluding carboxylic acids is 1. The minimum atomic E-state index is -4.45. The summed E-state index contributed by atoms with van der Waals surface area (Å²) >= 11 is 0. The molecule has 1 aromatic rings. The number of phenols is 1. The first-order chi connectivity index (χ1) is 8.26. The third kappa shape index (κ3) is 5.42. The summed E-state index contributed by atoms with van der Waals surface area (Å²) in [6.45, 7) is -0.233. The minimum Gasteiger partial charge on any atom is -0.508 e. The molecule has 0 fully saturated rings. The van der Waals surface area contributed by atoms with Crippen LogP contribution in [-0.4, -0.2) is 30.3 Å². The predicted octanol–water partition coefficient (Wildman–Crippen LogP) is 1.76. The third-order valence-corrected chi connectivity index (χ3v) is 1.89. The van der Waals surface area contributed by atoms with Gasteiger partial charge in [0.05, 0.1) is 0 Å². The largest absolute Gasteiger partial charge is 0.508 e. The molecule has 1 amide bonds. The van der Waals surface area contributed by atoms with Crippen LogP contribution in [0.2, 0.25) is 0 Å². The highest BCUT2D eigenvalue weighted by molar-refractivity contribution is 5.77. The van der Waals surface area contributed by atoms with E-state index in [4.69, 9.17) is 4.74 Å². The maximum atomic E-state index is 11.8. The Kier molecular flexibility index (Phi) is 4.41. The molecule has 100 valence electrons. The molecule has 2 N–H and O–H groups in total. The van der Waals surface area contributed by atoms with E-state index >= 15 is 0 Å². The van der Waals surface area contributed by atoms with Crippen LogP contribution < -0.4 is 10.1 Å². The van der Waals surface area contributed by atoms with Gasteiger partial charge in [0.1, 0.15) is 18.0 Å². The molecule has 7 heteroatoms. The lowest BCUT2D eigenvalue weighted by Crippen LogP contribution is -2.36. The van der Waals surface area contributed by atoms with Crippen LogP contribution in [-0.2, 0) is 4.79 Å². The van der Waals surface area contributed by atoms with Gasteiger partial charge in [-0.15, -0.1) is 0 Å². The van der Waals surface area contributed by atoms with Crippen molar-refractivity contribution in [3.05, 3.63) is 23.8 Å². The SMILES string of the molecule is Cc1cc(O)cc(OCC(=O)NCC(F)(F)F)c1. The third-order valence-electron chi connectivity index (χ3n) is 1.89. The van der Waals surface area contributed by atoms with Crippen LogP contribution in [0.3, 0.4) is 0 Å². The van der Waals surface area contributed by atoms with Gasteiger partial charge in [0.25, 0.3) is 5.91 Å². The summed E-state index contributed by atoms with van der Waals surface area (Å²) in [6, 6.07) is 4.30. The summed E-state index contributed by atoms with van der Waals surface area (Å²) in [5, 5.41) is 10.9. The first-order valence-electron chi connectivity index (χ1n) is 5.03. The van der Waals surface area contributed by atoms with Gasteiger partial charge in [0, 0.05) is 6.07 Å². The molecule has 0 unspecified atom stereocenters. The number of hydrogen-bond donors (Lipinski definition) is 2. The van der Waals surface area contributed by atoms with Crippen LogP contribution in [0.15, 0.2) is 18.2 Å². The Bertz CT molecular complexity index is 412. The van der Waals surface area contributed by atoms with Crippen LogP contribution in [0, 0.1) is 6.92 Å². The molecule has 0 aliphatic rings. The number of carbonyl (C=O) groups is 1. The molecular weight excluding hydrogens is 251 g/mol. The Hall–Kier alpha value is -1.92. The Morgan fingerprint density at radius 2 is 2.06 bits per heavy atom. The van der Waals surface area contributed by atoms with Gasteiger partial charge >= 0.3 is 6.18 Å². The number of amides is 1. The topological polar surface area (TPSA) is 58.6 Å². The highest BCUT2D eigenvalue weighted by atomic mass is 19.4. The molecule has 0 saturated carbocycles. The van der Waals surface area contributed by atoms with Gasteiger partial charge in [-0.2, -0.15) is 13.2 Å². The van der Waals surface area contributed by atoms with Crippen molar-refractivity contribution in [3.8, 4) is 11.5 Å². The number of hydrogen-bond acceptors (Lipinski definition) is 3. The Morgan fingerprint density at radius 1 is 1.39 bits per heavy atom. The van der Waals surface area contributed by atoms with Crippen molar-refractivity contribution in [1.29, 1.82) is 0 Å². The highest BCUT2D eigenvalue weighted by Crippen LogP contribution is 2.21. The second-order valence-electron chi connectivity index (χ2n) is 3.68. The second kappa shape index (κ2) is 5.61. The maximum absolute atomic E-state index is 11.8. The smallest absolute Gasteiger partial charge is 0.405 e. The number of aromatic hydroxyl groups is 1. The van der Waals surface area contributed by atoms with Crippen molar-refractivity contribution in [2.45, 2.75) is 13.1 Å². The Balaban J connectivity index is 2.43. The fourth-order valence-corrected chi connectivity index (χ4v) is 1.21. The van der Waals surface area contributed by atoms with Gasteiger partial charge in [-0.05, 0) is 24.6 Å². The zero-order valence-electron chi connectivity index (χ0n) is 9.54. The summed E-state index contributed by atoms with van der Waals surface area (Å²) < 4.78 is 40.3. The summed E-state index contributed by atoms with van der Waals surface area (Å²) in [6.07, 6.45) is -4.45. The highest BCUT2D eigenvalue weighted by Gasteiger charge is 2.27. The van der Waals surface area contributed by atoms with Crippen LogP contribution in [0.25, 0.3) is 0 Å². The maximum Gasteiger partial charge on any atom is 0.405 e. The zero-order chi connectivity index (χ0) is 13.8. The molecule has 0 aromatic heterocycles. The number of halogens is 3. The summed E-state index contributed by atoms with van der Waals surface area (Å²) in [4.78, 5) is 11.0. The molecule has 1 aromatic carbocycles. The summed E-state index contributed by atoms with van der Waals surface area (Å²) in [7, 11) is 0. The summed E-state index contributed by atoms with van der Waals surface area (Å²) in [5.74, 6) is -0.705. The lowest BCUT2D eigenvalue weighted by atomic mass is 10.2. The molecule has 0 aliphatic heterocycles. The van der Waals surface area contributed by atoms with Gasteiger partial charge in [-0.25, -0.2) is 0 Å². The number of rotatable bonds is 4. The van der Waals surface area contributed by atoms with E-state index in [9.17, 15) is 23.1 Å². The van der Waals surface area contributed by atoms with Crippen molar-refractivity contribution in [3.63, 3.8) is 0 Å². The van der Waals surface area contributed by atoms with Crippen molar-refractivity contribution in [2.24, 2.45) is 0 Å². The zero-order valence-corrected chi connectivity index (χ0v) is 9.54. The van der Waals surface area contributed by atoms with E-state index in [1.54, 1.807) is 18.3 Å². The van der Waals surface area contributed by atoms with E-state index in [0.717, 1.165) is 0 Å². The van der Waals surface area contributed by atoms with Gasteiger partial charge in [0.2, 0.25) is 0 Å². The number of alkyl halides is 3. The van der Waals surface area contributed by atoms with Gasteiger partial charge < -0.3 is 15.2 Å². The average molecular weight is 263 g/mol. The van der Waals surface area contributed by atoms with E-state index in [1.165, 1.54) is 12.1 Å². The molecule has 4 nitrogen and oxygen atoms in total. The minimum absolute atomic E-state index is 0.0410. The summed E-state index contributed by atoms with van der Waals surface area (Å²) in [5.41, 5.74) is 0.709. The molecule has 0 bridgehead atoms. The van der Waals surface area contributed by atoms with Gasteiger partial charge in [0.15, 0.2) is 6.61 Å². The molecule has 0 atom stereocenters. The van der Waals surface area contributed by atoms with E-state index in [0.29, 0.717) is 5.56 Å². The Morgan fingerprint density at radius 3 is 2.61 bits per heavy atom. The first kappa shape index (κ1) is 14.1. The van der Waals surface area contributed by atoms with Crippen molar-refractivity contribution in [2.75, 3.05) is 13.2 Å². The molecule has 0 spiro atoms. The standard InChI is InChI=1S/C11H12F3NO3/c1-7-2-8(16)4-9(3-7)18-5-10(17)15-6-11(12,13)14/h2-4,16H,5-6H2,1H3,(H,15,17). The van der Waals surface area contributed by atoms with Crippen LogP contribution in [0.5, 0.6) is 11.5 Å². The molecular formula is C11H12F3NO3. The molecule has 0 aliphatic carbocycles. The molecule has 0 radical (unpaired) electrons. The molecule has 1 rings (SSSR count). The van der Waals surface area contributed by atoms with Gasteiger partial charge in [-0.3, -0.25) is 4.79 Å². The number of benzene rings is 1. The quantitative estimate of drug-likeness (QED) is 0.870. The number of phenolic OH excluding ortho intramolecular Hbond substituents is 1. The van der Waals surface area contributed by atoms with E-state index in [2.05, 4.69) is 0 Å². The molecule has 0 heterocycles. The fourth-order valence-electron chi connectivity index (χ4n) is 1.21. The van der Waals surface area contributed by atoms with E-state index in [1.807, 2.05) is 0 Å². The van der Waals surface area contributed by atoms with E-state index < -0.39 is 25.2 Å². The lowest BCUT2D eigenvalue weighted by molar-refractivity contribution is -0.139. The number of aryl methyl sites for hydroxylation is 1. The number of nitrogens with one attached hydrogen (secondary N) is 1.